The lowest BCUT2D eigenvalue weighted by Crippen LogP contribution is -2.25. The first kappa shape index (κ1) is 14.9. The van der Waals surface area contributed by atoms with Crippen molar-refractivity contribution in [3.8, 4) is 29.2 Å². The minimum absolute atomic E-state index is 0.0692. The summed E-state index contributed by atoms with van der Waals surface area (Å²) in [6.07, 6.45) is 6.91. The van der Waals surface area contributed by atoms with Crippen LogP contribution in [-0.4, -0.2) is 5.60 Å². The Labute approximate surface area is 134 Å². The average Bonchev–Trinajstić information content (AvgIpc) is 2.55. The van der Waals surface area contributed by atoms with Crippen molar-refractivity contribution in [3.05, 3.63) is 65.0 Å². The summed E-state index contributed by atoms with van der Waals surface area (Å²) in [5, 5.41) is 0.511. The molecule has 0 atom stereocenters. The van der Waals surface area contributed by atoms with E-state index in [1.165, 1.54) is 6.26 Å². The molecule has 0 radical (unpaired) electrons. The summed E-state index contributed by atoms with van der Waals surface area (Å²) in [5.74, 6) is 3.13. The van der Waals surface area contributed by atoms with Gasteiger partial charge < -0.3 is 9.15 Å². The topological polar surface area (TPSA) is 39.4 Å². The van der Waals surface area contributed by atoms with Crippen LogP contribution in [-0.2, 0) is 0 Å². The standard InChI is InChI=1S/C20H16O3/c1-4-20(2,3)23-15-10-11-16-18(12-15)22-13-17(19(16)21)14-8-6-5-7-9-14/h1,5-13H,2-3H3. The molecule has 23 heavy (non-hydrogen) atoms. The maximum atomic E-state index is 12.6. The maximum Gasteiger partial charge on any atom is 0.200 e. The van der Waals surface area contributed by atoms with Crippen LogP contribution in [0.25, 0.3) is 22.1 Å². The van der Waals surface area contributed by atoms with Gasteiger partial charge in [-0.1, -0.05) is 36.3 Å². The average molecular weight is 304 g/mol. The molecule has 114 valence electrons. The Bertz CT molecular complexity index is 944. The van der Waals surface area contributed by atoms with Gasteiger partial charge in [0, 0.05) is 6.07 Å². The van der Waals surface area contributed by atoms with E-state index in [-0.39, 0.29) is 5.43 Å². The molecular formula is C20H16O3. The van der Waals surface area contributed by atoms with Gasteiger partial charge in [0.15, 0.2) is 11.0 Å². The zero-order chi connectivity index (χ0) is 16.4. The summed E-state index contributed by atoms with van der Waals surface area (Å²) in [6.45, 7) is 3.59. The van der Waals surface area contributed by atoms with E-state index in [9.17, 15) is 4.79 Å². The minimum atomic E-state index is -0.724. The van der Waals surface area contributed by atoms with E-state index in [0.29, 0.717) is 22.3 Å². The summed E-state index contributed by atoms with van der Waals surface area (Å²) in [4.78, 5) is 12.6. The Morgan fingerprint density at radius 2 is 1.87 bits per heavy atom. The predicted octanol–water partition coefficient (Wildman–Crippen LogP) is 4.25. The van der Waals surface area contributed by atoms with E-state index in [2.05, 4.69) is 5.92 Å². The third kappa shape index (κ3) is 2.97. The Balaban J connectivity index is 2.08. The lowest BCUT2D eigenvalue weighted by molar-refractivity contribution is 0.172. The number of benzene rings is 2. The molecule has 0 bridgehead atoms. The second-order valence-electron chi connectivity index (χ2n) is 5.76. The van der Waals surface area contributed by atoms with Gasteiger partial charge in [-0.25, -0.2) is 0 Å². The fourth-order valence-electron chi connectivity index (χ4n) is 2.31. The largest absolute Gasteiger partial charge is 0.475 e. The Kier molecular flexibility index (Phi) is 3.67. The van der Waals surface area contributed by atoms with Gasteiger partial charge in [-0.2, -0.15) is 0 Å². The zero-order valence-corrected chi connectivity index (χ0v) is 13.0. The molecule has 0 unspecified atom stereocenters. The van der Waals surface area contributed by atoms with Gasteiger partial charge in [0.05, 0.1) is 10.9 Å². The molecule has 0 N–H and O–H groups in total. The van der Waals surface area contributed by atoms with Crippen LogP contribution in [0.1, 0.15) is 13.8 Å². The van der Waals surface area contributed by atoms with Crippen LogP contribution in [0.5, 0.6) is 5.75 Å². The smallest absolute Gasteiger partial charge is 0.200 e. The highest BCUT2D eigenvalue weighted by atomic mass is 16.5. The fourth-order valence-corrected chi connectivity index (χ4v) is 2.31. The molecule has 0 aliphatic carbocycles. The third-order valence-electron chi connectivity index (χ3n) is 3.55. The quantitative estimate of drug-likeness (QED) is 0.679. The van der Waals surface area contributed by atoms with Gasteiger partial charge in [-0.15, -0.1) is 6.42 Å². The number of terminal acetylenes is 1. The normalized spacial score (nSPS) is 11.2. The summed E-state index contributed by atoms with van der Waals surface area (Å²) in [7, 11) is 0. The van der Waals surface area contributed by atoms with E-state index in [1.54, 1.807) is 32.0 Å². The van der Waals surface area contributed by atoms with Gasteiger partial charge >= 0.3 is 0 Å². The van der Waals surface area contributed by atoms with E-state index in [0.717, 1.165) is 5.56 Å². The molecule has 0 aliphatic heterocycles. The molecule has 2 aromatic carbocycles. The molecule has 0 saturated carbocycles. The lowest BCUT2D eigenvalue weighted by Gasteiger charge is -2.20. The van der Waals surface area contributed by atoms with Crippen molar-refractivity contribution in [1.29, 1.82) is 0 Å². The molecule has 3 rings (SSSR count). The second-order valence-corrected chi connectivity index (χ2v) is 5.76. The van der Waals surface area contributed by atoms with Crippen molar-refractivity contribution in [1.82, 2.24) is 0 Å². The van der Waals surface area contributed by atoms with Crippen molar-refractivity contribution < 1.29 is 9.15 Å². The van der Waals surface area contributed by atoms with Gasteiger partial charge in [-0.05, 0) is 31.5 Å². The van der Waals surface area contributed by atoms with Crippen molar-refractivity contribution in [2.24, 2.45) is 0 Å². The zero-order valence-electron chi connectivity index (χ0n) is 13.0. The second kappa shape index (κ2) is 5.66. The molecule has 0 saturated heterocycles. The summed E-state index contributed by atoms with van der Waals surface area (Å²) >= 11 is 0. The first-order valence-electron chi connectivity index (χ1n) is 7.28. The number of hydrogen-bond acceptors (Lipinski definition) is 3. The van der Waals surface area contributed by atoms with E-state index in [1.807, 2.05) is 30.3 Å². The van der Waals surface area contributed by atoms with Crippen molar-refractivity contribution >= 4 is 11.0 Å². The molecule has 1 heterocycles. The summed E-state index contributed by atoms with van der Waals surface area (Å²) < 4.78 is 11.4. The number of rotatable bonds is 3. The van der Waals surface area contributed by atoms with Crippen LogP contribution in [0.3, 0.4) is 0 Å². The van der Waals surface area contributed by atoms with Crippen LogP contribution < -0.4 is 10.2 Å². The molecule has 3 nitrogen and oxygen atoms in total. The number of fused-ring (bicyclic) bond motifs is 1. The maximum absolute atomic E-state index is 12.6. The highest BCUT2D eigenvalue weighted by molar-refractivity contribution is 5.82. The predicted molar refractivity (Wildman–Crippen MR) is 91.5 cm³/mol. The van der Waals surface area contributed by atoms with Gasteiger partial charge in [0.25, 0.3) is 0 Å². The third-order valence-corrected chi connectivity index (χ3v) is 3.55. The number of hydrogen-bond donors (Lipinski definition) is 0. The van der Waals surface area contributed by atoms with Crippen molar-refractivity contribution in [3.63, 3.8) is 0 Å². The van der Waals surface area contributed by atoms with E-state index in [4.69, 9.17) is 15.6 Å². The molecule has 0 fully saturated rings. The van der Waals surface area contributed by atoms with E-state index >= 15 is 0 Å². The Morgan fingerprint density at radius 1 is 1.13 bits per heavy atom. The first-order chi connectivity index (χ1) is 11.0. The molecule has 1 aromatic heterocycles. The molecule has 0 amide bonds. The van der Waals surface area contributed by atoms with Crippen LogP contribution in [0.15, 0.2) is 64.0 Å². The van der Waals surface area contributed by atoms with Crippen LogP contribution in [0, 0.1) is 12.3 Å². The summed E-state index contributed by atoms with van der Waals surface area (Å²) in [5.41, 5.74) is 1.05. The summed E-state index contributed by atoms with van der Waals surface area (Å²) in [6, 6.07) is 14.6. The molecule has 3 heteroatoms. The SMILES string of the molecule is C#CC(C)(C)Oc1ccc2c(=O)c(-c3ccccc3)coc2c1. The minimum Gasteiger partial charge on any atom is -0.475 e. The highest BCUT2D eigenvalue weighted by Crippen LogP contribution is 2.25. The van der Waals surface area contributed by atoms with Crippen LogP contribution in [0.4, 0.5) is 0 Å². The van der Waals surface area contributed by atoms with E-state index < -0.39 is 5.60 Å². The van der Waals surface area contributed by atoms with Crippen LogP contribution in [0.2, 0.25) is 0 Å². The van der Waals surface area contributed by atoms with Crippen molar-refractivity contribution in [2.45, 2.75) is 19.4 Å². The lowest BCUT2D eigenvalue weighted by atomic mass is 10.1. The van der Waals surface area contributed by atoms with Crippen molar-refractivity contribution in [2.75, 3.05) is 0 Å². The molecule has 0 aliphatic rings. The van der Waals surface area contributed by atoms with Gasteiger partial charge in [0.2, 0.25) is 0 Å². The number of ether oxygens (including phenoxy) is 1. The monoisotopic (exact) mass is 304 g/mol. The first-order valence-corrected chi connectivity index (χ1v) is 7.28. The molecule has 3 aromatic rings. The van der Waals surface area contributed by atoms with Gasteiger partial charge in [-0.3, -0.25) is 4.79 Å². The Morgan fingerprint density at radius 3 is 2.57 bits per heavy atom. The van der Waals surface area contributed by atoms with Gasteiger partial charge in [0.1, 0.15) is 17.6 Å². The molecule has 0 spiro atoms. The molecular weight excluding hydrogens is 288 g/mol. The Hall–Kier alpha value is -2.99. The highest BCUT2D eigenvalue weighted by Gasteiger charge is 2.17. The fraction of sp³-hybridized carbons (Fsp3) is 0.150. The van der Waals surface area contributed by atoms with Crippen LogP contribution >= 0.6 is 0 Å².